The summed E-state index contributed by atoms with van der Waals surface area (Å²) < 4.78 is 0. The van der Waals surface area contributed by atoms with Crippen molar-refractivity contribution in [3.05, 3.63) is 182 Å². The molecule has 0 radical (unpaired) electrons. The molecule has 0 atom stereocenters. The number of fused-ring (bicyclic) bond motifs is 1. The first kappa shape index (κ1) is 27.4. The molecule has 0 aliphatic heterocycles. The summed E-state index contributed by atoms with van der Waals surface area (Å²) in [7, 11) is 0. The molecule has 0 amide bonds. The van der Waals surface area contributed by atoms with Gasteiger partial charge in [-0.2, -0.15) is 0 Å². The summed E-state index contributed by atoms with van der Waals surface area (Å²) in [6.45, 7) is 0. The molecule has 0 fully saturated rings. The quantitative estimate of drug-likeness (QED) is 0.194. The van der Waals surface area contributed by atoms with E-state index in [2.05, 4.69) is 163 Å². The van der Waals surface area contributed by atoms with Crippen molar-refractivity contribution in [2.45, 2.75) is 0 Å². The van der Waals surface area contributed by atoms with Gasteiger partial charge in [-0.05, 0) is 79.9 Å². The summed E-state index contributed by atoms with van der Waals surface area (Å²) in [5, 5.41) is 1.13. The van der Waals surface area contributed by atoms with E-state index in [0.717, 1.165) is 44.4 Å². The Hall–Kier alpha value is -6.12. The van der Waals surface area contributed by atoms with E-state index in [-0.39, 0.29) is 0 Å². The Kier molecular flexibility index (Phi) is 7.22. The second-order valence-corrected chi connectivity index (χ2v) is 11.5. The fourth-order valence-electron chi connectivity index (χ4n) is 6.12. The zero-order valence-corrected chi connectivity index (χ0v) is 25.2. The van der Waals surface area contributed by atoms with Crippen LogP contribution in [0.4, 0.5) is 0 Å². The highest BCUT2D eigenvalue weighted by Gasteiger charge is 2.13. The van der Waals surface area contributed by atoms with E-state index in [1.807, 2.05) is 24.5 Å². The van der Waals surface area contributed by atoms with Crippen molar-refractivity contribution in [1.82, 2.24) is 9.97 Å². The van der Waals surface area contributed by atoms with Gasteiger partial charge in [-0.25, -0.2) is 4.98 Å². The monoisotopic (exact) mass is 586 g/mol. The molecule has 8 rings (SSSR count). The first-order valence-corrected chi connectivity index (χ1v) is 15.6. The van der Waals surface area contributed by atoms with Crippen LogP contribution in [-0.2, 0) is 0 Å². The Bertz CT molecular complexity index is 2240. The Morgan fingerprint density at radius 3 is 1.35 bits per heavy atom. The van der Waals surface area contributed by atoms with Crippen molar-refractivity contribution in [1.29, 1.82) is 0 Å². The Labute approximate surface area is 269 Å². The molecule has 0 N–H and O–H groups in total. The first-order chi connectivity index (χ1) is 22.8. The molecule has 216 valence electrons. The topological polar surface area (TPSA) is 25.8 Å². The molecule has 2 heterocycles. The van der Waals surface area contributed by atoms with E-state index in [4.69, 9.17) is 4.98 Å². The number of benzene rings is 6. The maximum Gasteiger partial charge on any atom is 0.0716 e. The van der Waals surface area contributed by atoms with Crippen LogP contribution in [0.5, 0.6) is 0 Å². The van der Waals surface area contributed by atoms with Crippen LogP contribution in [0.2, 0.25) is 0 Å². The lowest BCUT2D eigenvalue weighted by Crippen LogP contribution is -1.91. The summed E-state index contributed by atoms with van der Waals surface area (Å²) in [4.78, 5) is 9.49. The standard InChI is InChI=1S/C44H30N2/c1-3-8-31(9-4-1)33-13-15-35(16-14-33)39-25-26-43-42(28-39)41(37-21-17-36(18-22-37)40-12-7-27-45-30-40)29-44(46-43)38-23-19-34(20-24-38)32-10-5-2-6-11-32/h1-30H. The van der Waals surface area contributed by atoms with Crippen molar-refractivity contribution in [3.8, 4) is 66.9 Å². The molecular weight excluding hydrogens is 556 g/mol. The van der Waals surface area contributed by atoms with Crippen LogP contribution in [-0.4, -0.2) is 9.97 Å². The van der Waals surface area contributed by atoms with Gasteiger partial charge in [-0.1, -0.05) is 146 Å². The van der Waals surface area contributed by atoms with Crippen molar-refractivity contribution < 1.29 is 0 Å². The minimum Gasteiger partial charge on any atom is -0.264 e. The Balaban J connectivity index is 1.22. The summed E-state index contributed by atoms with van der Waals surface area (Å²) in [6.07, 6.45) is 3.71. The van der Waals surface area contributed by atoms with E-state index < -0.39 is 0 Å². The van der Waals surface area contributed by atoms with Crippen molar-refractivity contribution in [2.24, 2.45) is 0 Å². The van der Waals surface area contributed by atoms with Gasteiger partial charge in [0.15, 0.2) is 0 Å². The highest BCUT2D eigenvalue weighted by atomic mass is 14.7. The number of aromatic nitrogens is 2. The van der Waals surface area contributed by atoms with Gasteiger partial charge in [0.2, 0.25) is 0 Å². The Morgan fingerprint density at radius 1 is 0.326 bits per heavy atom. The van der Waals surface area contributed by atoms with E-state index in [0.29, 0.717) is 0 Å². The Morgan fingerprint density at radius 2 is 0.783 bits per heavy atom. The predicted molar refractivity (Wildman–Crippen MR) is 192 cm³/mol. The second kappa shape index (κ2) is 12.1. The van der Waals surface area contributed by atoms with Crippen LogP contribution in [0.3, 0.4) is 0 Å². The van der Waals surface area contributed by atoms with E-state index in [1.54, 1.807) is 0 Å². The van der Waals surface area contributed by atoms with Crippen LogP contribution in [0.25, 0.3) is 77.8 Å². The largest absolute Gasteiger partial charge is 0.264 e. The summed E-state index contributed by atoms with van der Waals surface area (Å²) in [5.74, 6) is 0. The summed E-state index contributed by atoms with van der Waals surface area (Å²) >= 11 is 0. The van der Waals surface area contributed by atoms with Crippen molar-refractivity contribution in [2.75, 3.05) is 0 Å². The van der Waals surface area contributed by atoms with Crippen LogP contribution >= 0.6 is 0 Å². The maximum atomic E-state index is 5.18. The van der Waals surface area contributed by atoms with Crippen LogP contribution in [0.15, 0.2) is 182 Å². The number of rotatable bonds is 6. The molecule has 0 aliphatic carbocycles. The highest BCUT2D eigenvalue weighted by Crippen LogP contribution is 2.36. The molecule has 0 aliphatic rings. The molecule has 6 aromatic carbocycles. The number of hydrogen-bond acceptors (Lipinski definition) is 2. The van der Waals surface area contributed by atoms with Gasteiger partial charge < -0.3 is 0 Å². The van der Waals surface area contributed by atoms with Gasteiger partial charge in [0.25, 0.3) is 0 Å². The van der Waals surface area contributed by atoms with Gasteiger partial charge >= 0.3 is 0 Å². The molecule has 8 aromatic rings. The molecule has 2 aromatic heterocycles. The summed E-state index contributed by atoms with van der Waals surface area (Å²) in [5.41, 5.74) is 14.8. The SMILES string of the molecule is c1ccc(-c2ccc(-c3ccc4nc(-c5ccc(-c6ccccc6)cc5)cc(-c5ccc(-c6cccnc6)cc5)c4c3)cc2)cc1. The van der Waals surface area contributed by atoms with Gasteiger partial charge in [0, 0.05) is 23.3 Å². The molecule has 2 heteroatoms. The van der Waals surface area contributed by atoms with E-state index in [1.165, 1.54) is 33.4 Å². The molecule has 0 bridgehead atoms. The summed E-state index contributed by atoms with van der Waals surface area (Å²) in [6, 6.07) is 60.2. The number of nitrogens with zero attached hydrogens (tertiary/aromatic N) is 2. The predicted octanol–water partition coefficient (Wildman–Crippen LogP) is 11.6. The van der Waals surface area contributed by atoms with Crippen LogP contribution in [0, 0.1) is 0 Å². The average Bonchev–Trinajstić information content (AvgIpc) is 3.15. The van der Waals surface area contributed by atoms with Crippen LogP contribution < -0.4 is 0 Å². The second-order valence-electron chi connectivity index (χ2n) is 11.5. The normalized spacial score (nSPS) is 11.0. The van der Waals surface area contributed by atoms with Gasteiger partial charge in [0.05, 0.1) is 11.2 Å². The third-order valence-electron chi connectivity index (χ3n) is 8.61. The number of hydrogen-bond donors (Lipinski definition) is 0. The van der Waals surface area contributed by atoms with Crippen LogP contribution in [0.1, 0.15) is 0 Å². The third kappa shape index (κ3) is 5.49. The fourth-order valence-corrected chi connectivity index (χ4v) is 6.12. The number of pyridine rings is 2. The molecule has 0 saturated carbocycles. The van der Waals surface area contributed by atoms with Crippen molar-refractivity contribution in [3.63, 3.8) is 0 Å². The lowest BCUT2D eigenvalue weighted by atomic mass is 9.93. The minimum atomic E-state index is 0.957. The van der Waals surface area contributed by atoms with Gasteiger partial charge in [-0.3, -0.25) is 4.98 Å². The lowest BCUT2D eigenvalue weighted by Gasteiger charge is -2.13. The molecule has 0 saturated heterocycles. The zero-order valence-electron chi connectivity index (χ0n) is 25.2. The fraction of sp³-hybridized carbons (Fsp3) is 0. The highest BCUT2D eigenvalue weighted by molar-refractivity contribution is 5.99. The molecular formula is C44H30N2. The van der Waals surface area contributed by atoms with E-state index >= 15 is 0 Å². The minimum absolute atomic E-state index is 0.957. The molecule has 0 unspecified atom stereocenters. The maximum absolute atomic E-state index is 5.18. The molecule has 46 heavy (non-hydrogen) atoms. The first-order valence-electron chi connectivity index (χ1n) is 15.6. The third-order valence-corrected chi connectivity index (χ3v) is 8.61. The van der Waals surface area contributed by atoms with Gasteiger partial charge in [-0.15, -0.1) is 0 Å². The van der Waals surface area contributed by atoms with E-state index in [9.17, 15) is 0 Å². The lowest BCUT2D eigenvalue weighted by molar-refractivity contribution is 1.33. The average molecular weight is 587 g/mol. The molecule has 2 nitrogen and oxygen atoms in total. The molecule has 0 spiro atoms. The van der Waals surface area contributed by atoms with Gasteiger partial charge in [0.1, 0.15) is 0 Å². The van der Waals surface area contributed by atoms with Crippen molar-refractivity contribution >= 4 is 10.9 Å². The smallest absolute Gasteiger partial charge is 0.0716 e. The zero-order chi connectivity index (χ0) is 30.7.